The van der Waals surface area contributed by atoms with Gasteiger partial charge in [-0.05, 0) is 31.0 Å². The standard InChI is InChI=1S/C12H15ClFNO2/c1-3-17-12(16)10(14)11(15)8-5-4-7(2)9(13)6-8/h4-6,10-11H,3,15H2,1-2H3/t10?,11-/m1/s1. The first kappa shape index (κ1) is 13.9. The van der Waals surface area contributed by atoms with E-state index in [2.05, 4.69) is 4.74 Å². The molecule has 0 amide bonds. The smallest absolute Gasteiger partial charge is 0.342 e. The zero-order valence-electron chi connectivity index (χ0n) is 9.74. The monoisotopic (exact) mass is 259 g/mol. The minimum absolute atomic E-state index is 0.126. The molecule has 2 atom stereocenters. The van der Waals surface area contributed by atoms with Gasteiger partial charge in [0.1, 0.15) is 0 Å². The zero-order valence-corrected chi connectivity index (χ0v) is 10.5. The van der Waals surface area contributed by atoms with Crippen molar-refractivity contribution < 1.29 is 13.9 Å². The lowest BCUT2D eigenvalue weighted by Gasteiger charge is -2.16. The van der Waals surface area contributed by atoms with Crippen LogP contribution in [-0.2, 0) is 9.53 Å². The molecule has 0 bridgehead atoms. The number of hydrogen-bond donors (Lipinski definition) is 1. The molecule has 0 fully saturated rings. The fourth-order valence-electron chi connectivity index (χ4n) is 1.35. The van der Waals surface area contributed by atoms with Crippen LogP contribution in [0.4, 0.5) is 4.39 Å². The van der Waals surface area contributed by atoms with E-state index in [0.29, 0.717) is 10.6 Å². The van der Waals surface area contributed by atoms with Gasteiger partial charge in [-0.1, -0.05) is 23.7 Å². The first-order valence-corrected chi connectivity index (χ1v) is 5.67. The van der Waals surface area contributed by atoms with E-state index in [1.807, 2.05) is 6.92 Å². The molecule has 0 aromatic heterocycles. The van der Waals surface area contributed by atoms with Crippen LogP contribution in [0.2, 0.25) is 5.02 Å². The number of esters is 1. The van der Waals surface area contributed by atoms with E-state index in [4.69, 9.17) is 17.3 Å². The van der Waals surface area contributed by atoms with E-state index in [-0.39, 0.29) is 6.61 Å². The highest BCUT2D eigenvalue weighted by Crippen LogP contribution is 2.23. The predicted molar refractivity (Wildman–Crippen MR) is 64.6 cm³/mol. The van der Waals surface area contributed by atoms with Gasteiger partial charge in [0.2, 0.25) is 6.17 Å². The number of carbonyl (C=O) groups excluding carboxylic acids is 1. The second kappa shape index (κ2) is 5.98. The van der Waals surface area contributed by atoms with Crippen LogP contribution in [0.1, 0.15) is 24.1 Å². The lowest BCUT2D eigenvalue weighted by atomic mass is 10.0. The largest absolute Gasteiger partial charge is 0.464 e. The first-order chi connectivity index (χ1) is 7.97. The quantitative estimate of drug-likeness (QED) is 0.846. The Morgan fingerprint density at radius 1 is 1.59 bits per heavy atom. The number of halogens is 2. The van der Waals surface area contributed by atoms with E-state index in [1.54, 1.807) is 25.1 Å². The lowest BCUT2D eigenvalue weighted by Crippen LogP contribution is -2.31. The van der Waals surface area contributed by atoms with Crippen LogP contribution in [0.5, 0.6) is 0 Å². The molecule has 5 heteroatoms. The minimum Gasteiger partial charge on any atom is -0.464 e. The molecule has 94 valence electrons. The number of benzene rings is 1. The second-order valence-corrected chi connectivity index (χ2v) is 4.10. The number of ether oxygens (including phenoxy) is 1. The van der Waals surface area contributed by atoms with Crippen molar-refractivity contribution in [3.8, 4) is 0 Å². The molecule has 0 aliphatic rings. The molecule has 3 nitrogen and oxygen atoms in total. The average molecular weight is 260 g/mol. The molecule has 0 aliphatic heterocycles. The Morgan fingerprint density at radius 3 is 2.76 bits per heavy atom. The summed E-state index contributed by atoms with van der Waals surface area (Å²) >= 11 is 5.91. The van der Waals surface area contributed by atoms with E-state index < -0.39 is 18.2 Å². The zero-order chi connectivity index (χ0) is 13.0. The molecule has 0 saturated carbocycles. The molecular formula is C12H15ClFNO2. The first-order valence-electron chi connectivity index (χ1n) is 5.29. The van der Waals surface area contributed by atoms with Crippen LogP contribution in [0.15, 0.2) is 18.2 Å². The molecule has 1 aromatic rings. The van der Waals surface area contributed by atoms with Crippen molar-refractivity contribution in [2.75, 3.05) is 6.61 Å². The summed E-state index contributed by atoms with van der Waals surface area (Å²) in [6.07, 6.45) is -1.88. The predicted octanol–water partition coefficient (Wildman–Crippen LogP) is 2.55. The highest BCUT2D eigenvalue weighted by molar-refractivity contribution is 6.31. The van der Waals surface area contributed by atoms with Gasteiger partial charge in [-0.2, -0.15) is 0 Å². The van der Waals surface area contributed by atoms with Crippen molar-refractivity contribution in [2.45, 2.75) is 26.1 Å². The Labute approximate surface area is 105 Å². The van der Waals surface area contributed by atoms with E-state index >= 15 is 0 Å². The van der Waals surface area contributed by atoms with Crippen LogP contribution in [0.3, 0.4) is 0 Å². The highest BCUT2D eigenvalue weighted by Gasteiger charge is 2.27. The SMILES string of the molecule is CCOC(=O)C(F)[C@H](N)c1ccc(C)c(Cl)c1. The van der Waals surface area contributed by atoms with Gasteiger partial charge < -0.3 is 10.5 Å². The number of nitrogens with two attached hydrogens (primary N) is 1. The minimum atomic E-state index is -1.88. The maximum atomic E-state index is 13.7. The van der Waals surface area contributed by atoms with Gasteiger partial charge in [0.05, 0.1) is 12.6 Å². The van der Waals surface area contributed by atoms with Crippen LogP contribution >= 0.6 is 11.6 Å². The molecule has 0 heterocycles. The summed E-state index contributed by atoms with van der Waals surface area (Å²) in [5, 5.41) is 0.494. The van der Waals surface area contributed by atoms with E-state index in [1.165, 1.54) is 0 Å². The molecule has 0 aliphatic carbocycles. The maximum Gasteiger partial charge on any atom is 0.342 e. The topological polar surface area (TPSA) is 52.3 Å². The Hall–Kier alpha value is -1.13. The third-order valence-electron chi connectivity index (χ3n) is 2.41. The average Bonchev–Trinajstić information content (AvgIpc) is 2.31. The molecule has 2 N–H and O–H groups in total. The molecule has 1 aromatic carbocycles. The summed E-state index contributed by atoms with van der Waals surface area (Å²) in [6, 6.07) is 3.88. The molecule has 17 heavy (non-hydrogen) atoms. The highest BCUT2D eigenvalue weighted by atomic mass is 35.5. The second-order valence-electron chi connectivity index (χ2n) is 3.69. The van der Waals surface area contributed by atoms with Crippen molar-refractivity contribution in [1.29, 1.82) is 0 Å². The fraction of sp³-hybridized carbons (Fsp3) is 0.417. The molecule has 1 rings (SSSR count). The van der Waals surface area contributed by atoms with Gasteiger partial charge in [-0.3, -0.25) is 0 Å². The normalized spacial score (nSPS) is 14.2. The third kappa shape index (κ3) is 3.41. The van der Waals surface area contributed by atoms with Crippen molar-refractivity contribution >= 4 is 17.6 Å². The van der Waals surface area contributed by atoms with Gasteiger partial charge in [0.25, 0.3) is 0 Å². The van der Waals surface area contributed by atoms with Gasteiger partial charge in [0.15, 0.2) is 0 Å². The third-order valence-corrected chi connectivity index (χ3v) is 2.82. The number of rotatable bonds is 4. The van der Waals surface area contributed by atoms with E-state index in [0.717, 1.165) is 5.56 Å². The number of hydrogen-bond acceptors (Lipinski definition) is 3. The van der Waals surface area contributed by atoms with Crippen molar-refractivity contribution in [3.63, 3.8) is 0 Å². The summed E-state index contributed by atoms with van der Waals surface area (Å²) in [7, 11) is 0. The van der Waals surface area contributed by atoms with Crippen LogP contribution < -0.4 is 5.73 Å². The molecule has 0 saturated heterocycles. The van der Waals surface area contributed by atoms with Crippen LogP contribution in [-0.4, -0.2) is 18.7 Å². The Kier molecular flexibility index (Phi) is 4.90. The van der Waals surface area contributed by atoms with Crippen molar-refractivity contribution in [1.82, 2.24) is 0 Å². The van der Waals surface area contributed by atoms with Gasteiger partial charge in [-0.25, -0.2) is 9.18 Å². The summed E-state index contributed by atoms with van der Waals surface area (Å²) in [6.45, 7) is 3.56. The van der Waals surface area contributed by atoms with Gasteiger partial charge in [0, 0.05) is 5.02 Å². The molecular weight excluding hydrogens is 245 g/mol. The Bertz CT molecular complexity index is 411. The van der Waals surface area contributed by atoms with Crippen molar-refractivity contribution in [3.05, 3.63) is 34.3 Å². The Morgan fingerprint density at radius 2 is 2.24 bits per heavy atom. The molecule has 1 unspecified atom stereocenters. The molecule has 0 spiro atoms. The summed E-state index contributed by atoms with van der Waals surface area (Å²) in [5.74, 6) is -0.948. The number of alkyl halides is 1. The van der Waals surface area contributed by atoms with E-state index in [9.17, 15) is 9.18 Å². The fourth-order valence-corrected chi connectivity index (χ4v) is 1.54. The Balaban J connectivity index is 2.84. The van der Waals surface area contributed by atoms with Crippen LogP contribution in [0, 0.1) is 6.92 Å². The van der Waals surface area contributed by atoms with Gasteiger partial charge >= 0.3 is 5.97 Å². The number of aryl methyl sites for hydroxylation is 1. The molecule has 0 radical (unpaired) electrons. The van der Waals surface area contributed by atoms with Gasteiger partial charge in [-0.15, -0.1) is 0 Å². The summed E-state index contributed by atoms with van der Waals surface area (Å²) in [4.78, 5) is 11.2. The van der Waals surface area contributed by atoms with Crippen LogP contribution in [0.25, 0.3) is 0 Å². The van der Waals surface area contributed by atoms with Crippen molar-refractivity contribution in [2.24, 2.45) is 5.73 Å². The lowest BCUT2D eigenvalue weighted by molar-refractivity contribution is -0.149. The summed E-state index contributed by atoms with van der Waals surface area (Å²) in [5.41, 5.74) is 7.00. The summed E-state index contributed by atoms with van der Waals surface area (Å²) < 4.78 is 18.2. The maximum absolute atomic E-state index is 13.7. The number of carbonyl (C=O) groups is 1.